The van der Waals surface area contributed by atoms with Gasteiger partial charge in [-0.1, -0.05) is 123 Å². The average Bonchev–Trinajstić information content (AvgIpc) is 2.75. The van der Waals surface area contributed by atoms with Gasteiger partial charge >= 0.3 is 0 Å². The second-order valence-corrected chi connectivity index (χ2v) is 10.8. The minimum absolute atomic E-state index is 0.453. The van der Waals surface area contributed by atoms with E-state index in [1.807, 2.05) is 0 Å². The second-order valence-electron chi connectivity index (χ2n) is 7.76. The molecule has 1 aliphatic rings. The lowest BCUT2D eigenvalue weighted by atomic mass is 9.98. The third kappa shape index (κ3) is 4.15. The molecule has 1 fully saturated rings. The molecule has 1 saturated carbocycles. The van der Waals surface area contributed by atoms with Crippen molar-refractivity contribution in [1.29, 1.82) is 0 Å². The van der Waals surface area contributed by atoms with Gasteiger partial charge in [-0.05, 0) is 12.8 Å². The van der Waals surface area contributed by atoms with Crippen LogP contribution in [0.25, 0.3) is 0 Å². The number of hydrogen-bond donors (Lipinski definition) is 0. The van der Waals surface area contributed by atoms with Gasteiger partial charge in [0.15, 0.2) is 0 Å². The fourth-order valence-electron chi connectivity index (χ4n) is 4.37. The van der Waals surface area contributed by atoms with Crippen molar-refractivity contribution < 1.29 is 0 Å². The van der Waals surface area contributed by atoms with Crippen molar-refractivity contribution in [3.05, 3.63) is 91.0 Å². The van der Waals surface area contributed by atoms with Crippen molar-refractivity contribution in [2.75, 3.05) is 0 Å². The Morgan fingerprint density at radius 1 is 0.500 bits per heavy atom. The quantitative estimate of drug-likeness (QED) is 0.467. The standard InChI is InChI=1S/C26H30NP/c1-2-7-15-23(16-8-3-1)27-28(24-17-9-4-10-18-24,25-19-11-5-12-20-25)26-21-13-6-14-22-26/h4-6,9-14,17-23H,1-3,7-8,15-16H2. The topological polar surface area (TPSA) is 12.4 Å². The van der Waals surface area contributed by atoms with E-state index in [1.165, 1.54) is 60.9 Å². The van der Waals surface area contributed by atoms with Crippen molar-refractivity contribution >= 4 is 23.0 Å². The minimum atomic E-state index is -2.03. The summed E-state index contributed by atoms with van der Waals surface area (Å²) in [6, 6.07) is 33.6. The monoisotopic (exact) mass is 387 g/mol. The predicted molar refractivity (Wildman–Crippen MR) is 124 cm³/mol. The predicted octanol–water partition coefficient (Wildman–Crippen LogP) is 6.28. The molecule has 0 heterocycles. The van der Waals surface area contributed by atoms with Crippen LogP contribution >= 0.6 is 7.05 Å². The van der Waals surface area contributed by atoms with E-state index in [2.05, 4.69) is 91.0 Å². The lowest BCUT2D eigenvalue weighted by Crippen LogP contribution is -2.27. The Hall–Kier alpha value is -2.11. The van der Waals surface area contributed by atoms with Crippen LogP contribution in [0.1, 0.15) is 44.9 Å². The molecule has 3 aromatic carbocycles. The van der Waals surface area contributed by atoms with E-state index < -0.39 is 7.05 Å². The molecule has 0 N–H and O–H groups in total. The molecule has 0 bridgehead atoms. The van der Waals surface area contributed by atoms with Crippen LogP contribution in [0.5, 0.6) is 0 Å². The Bertz CT molecular complexity index is 792. The van der Waals surface area contributed by atoms with Crippen molar-refractivity contribution in [2.24, 2.45) is 4.74 Å². The third-order valence-corrected chi connectivity index (χ3v) is 9.61. The second kappa shape index (κ2) is 9.39. The molecule has 0 aromatic heterocycles. The van der Waals surface area contributed by atoms with Crippen molar-refractivity contribution in [2.45, 2.75) is 51.0 Å². The summed E-state index contributed by atoms with van der Waals surface area (Å²) in [5, 5.41) is 4.11. The van der Waals surface area contributed by atoms with Crippen LogP contribution < -0.4 is 15.9 Å². The van der Waals surface area contributed by atoms with Crippen LogP contribution in [0, 0.1) is 0 Å². The minimum Gasteiger partial charge on any atom is -0.286 e. The molecule has 0 aliphatic heterocycles. The Morgan fingerprint density at radius 3 is 1.25 bits per heavy atom. The van der Waals surface area contributed by atoms with E-state index in [1.54, 1.807) is 0 Å². The molecule has 3 aromatic rings. The largest absolute Gasteiger partial charge is 0.286 e. The van der Waals surface area contributed by atoms with Crippen LogP contribution in [-0.2, 0) is 0 Å². The van der Waals surface area contributed by atoms with Gasteiger partial charge < -0.3 is 0 Å². The van der Waals surface area contributed by atoms with Gasteiger partial charge in [-0.3, -0.25) is 4.74 Å². The summed E-state index contributed by atoms with van der Waals surface area (Å²) in [5.41, 5.74) is 0. The van der Waals surface area contributed by atoms with Crippen LogP contribution in [0.3, 0.4) is 0 Å². The molecular formula is C26H30NP. The first-order chi connectivity index (χ1) is 13.9. The van der Waals surface area contributed by atoms with Crippen molar-refractivity contribution in [3.63, 3.8) is 0 Å². The van der Waals surface area contributed by atoms with Crippen LogP contribution in [0.15, 0.2) is 95.7 Å². The first kappa shape index (κ1) is 19.2. The Balaban J connectivity index is 1.96. The smallest absolute Gasteiger partial charge is 0.0551 e. The Kier molecular flexibility index (Phi) is 6.45. The van der Waals surface area contributed by atoms with E-state index in [9.17, 15) is 0 Å². The number of nitrogens with zero attached hydrogens (tertiary/aromatic N) is 1. The summed E-state index contributed by atoms with van der Waals surface area (Å²) in [6.45, 7) is 0. The molecule has 144 valence electrons. The molecule has 0 atom stereocenters. The lowest BCUT2D eigenvalue weighted by Gasteiger charge is -2.30. The van der Waals surface area contributed by atoms with Gasteiger partial charge in [-0.25, -0.2) is 0 Å². The first-order valence-corrected chi connectivity index (χ1v) is 12.4. The van der Waals surface area contributed by atoms with Gasteiger partial charge in [-0.2, -0.15) is 0 Å². The highest BCUT2D eigenvalue weighted by molar-refractivity contribution is 7.87. The molecule has 2 heteroatoms. The Morgan fingerprint density at radius 2 is 0.857 bits per heavy atom. The summed E-state index contributed by atoms with van der Waals surface area (Å²) in [5.74, 6) is 0. The molecule has 4 rings (SSSR count). The normalized spacial score (nSPS) is 16.1. The molecule has 0 amide bonds. The molecule has 0 saturated heterocycles. The van der Waals surface area contributed by atoms with E-state index in [4.69, 9.17) is 4.74 Å². The van der Waals surface area contributed by atoms with Crippen molar-refractivity contribution in [3.8, 4) is 0 Å². The molecule has 0 radical (unpaired) electrons. The highest BCUT2D eigenvalue weighted by atomic mass is 31.2. The van der Waals surface area contributed by atoms with Gasteiger partial charge in [0.1, 0.15) is 0 Å². The summed E-state index contributed by atoms with van der Waals surface area (Å²) in [6.07, 6.45) is 9.20. The highest BCUT2D eigenvalue weighted by Crippen LogP contribution is 2.48. The van der Waals surface area contributed by atoms with Gasteiger partial charge in [0.25, 0.3) is 0 Å². The SMILES string of the molecule is c1ccc(P(=NC2CCCCCCC2)(c2ccccc2)c2ccccc2)cc1. The lowest BCUT2D eigenvalue weighted by molar-refractivity contribution is 0.457. The summed E-state index contributed by atoms with van der Waals surface area (Å²) in [7, 11) is -2.03. The molecule has 0 spiro atoms. The average molecular weight is 388 g/mol. The molecule has 0 unspecified atom stereocenters. The van der Waals surface area contributed by atoms with E-state index in [-0.39, 0.29) is 0 Å². The van der Waals surface area contributed by atoms with Gasteiger partial charge in [-0.15, -0.1) is 0 Å². The number of hydrogen-bond acceptors (Lipinski definition) is 1. The summed E-state index contributed by atoms with van der Waals surface area (Å²) < 4.78 is 5.79. The maximum Gasteiger partial charge on any atom is 0.0551 e. The van der Waals surface area contributed by atoms with E-state index in [0.717, 1.165) is 0 Å². The zero-order valence-corrected chi connectivity index (χ0v) is 17.5. The molecule has 1 aliphatic carbocycles. The maximum absolute atomic E-state index is 5.79. The number of rotatable bonds is 4. The third-order valence-electron chi connectivity index (χ3n) is 5.80. The molecule has 1 nitrogen and oxygen atoms in total. The van der Waals surface area contributed by atoms with Gasteiger partial charge in [0.05, 0.1) is 7.05 Å². The zero-order valence-electron chi connectivity index (χ0n) is 16.6. The van der Waals surface area contributed by atoms with Crippen LogP contribution in [0.4, 0.5) is 0 Å². The maximum atomic E-state index is 5.79. The molecule has 28 heavy (non-hydrogen) atoms. The van der Waals surface area contributed by atoms with Crippen LogP contribution in [-0.4, -0.2) is 6.04 Å². The fourth-order valence-corrected chi connectivity index (χ4v) is 8.20. The van der Waals surface area contributed by atoms with Crippen molar-refractivity contribution in [1.82, 2.24) is 0 Å². The van der Waals surface area contributed by atoms with Gasteiger partial charge in [0.2, 0.25) is 0 Å². The Labute approximate surface area is 169 Å². The molecular weight excluding hydrogens is 357 g/mol. The van der Waals surface area contributed by atoms with Gasteiger partial charge in [0, 0.05) is 22.0 Å². The fraction of sp³-hybridized carbons (Fsp3) is 0.308. The number of benzene rings is 3. The van der Waals surface area contributed by atoms with E-state index >= 15 is 0 Å². The van der Waals surface area contributed by atoms with Crippen LogP contribution in [0.2, 0.25) is 0 Å². The first-order valence-electron chi connectivity index (χ1n) is 10.7. The van der Waals surface area contributed by atoms with E-state index in [0.29, 0.717) is 6.04 Å². The summed E-state index contributed by atoms with van der Waals surface area (Å²) in [4.78, 5) is 0. The highest BCUT2D eigenvalue weighted by Gasteiger charge is 2.28. The zero-order chi connectivity index (χ0) is 19.1. The summed E-state index contributed by atoms with van der Waals surface area (Å²) >= 11 is 0.